The number of amidine groups is 1. The maximum absolute atomic E-state index is 11.5. The van der Waals surface area contributed by atoms with E-state index >= 15 is 0 Å². The first kappa shape index (κ1) is 21.5. The number of benzene rings is 2. The number of hydrogen-bond donors (Lipinski definition) is 1. The summed E-state index contributed by atoms with van der Waals surface area (Å²) in [6, 6.07) is 15.9. The number of nitrogens with zero attached hydrogens (tertiary/aromatic N) is 4. The highest BCUT2D eigenvalue weighted by atomic mass is 35.5. The average Bonchev–Trinajstić information content (AvgIpc) is 3.21. The fourth-order valence-electron chi connectivity index (χ4n) is 4.01. The Balaban J connectivity index is 1.30. The molecule has 1 unspecified atom stereocenters. The lowest BCUT2D eigenvalue weighted by molar-refractivity contribution is -0.111. The van der Waals surface area contributed by atoms with Gasteiger partial charge in [-0.15, -0.1) is 0 Å². The van der Waals surface area contributed by atoms with Gasteiger partial charge in [0.15, 0.2) is 12.5 Å². The minimum atomic E-state index is -0.421. The fraction of sp³-hybridized carbons (Fsp3) is 0.391. The van der Waals surface area contributed by atoms with Crippen LogP contribution >= 0.6 is 11.6 Å². The van der Waals surface area contributed by atoms with E-state index in [1.54, 1.807) is 7.11 Å². The molecule has 164 valence electrons. The summed E-state index contributed by atoms with van der Waals surface area (Å²) in [4.78, 5) is 18.4. The van der Waals surface area contributed by atoms with E-state index in [9.17, 15) is 4.79 Å². The number of halogens is 1. The van der Waals surface area contributed by atoms with Crippen LogP contribution in [0.4, 0.5) is 5.69 Å². The van der Waals surface area contributed by atoms with Crippen molar-refractivity contribution in [2.75, 3.05) is 44.7 Å². The van der Waals surface area contributed by atoms with Crippen LogP contribution in [0.3, 0.4) is 0 Å². The quantitative estimate of drug-likeness (QED) is 0.636. The summed E-state index contributed by atoms with van der Waals surface area (Å²) >= 11 is 5.99. The summed E-state index contributed by atoms with van der Waals surface area (Å²) in [5.41, 5.74) is 5.24. The number of methoxy groups -OCH3 is 1. The molecule has 0 amide bonds. The van der Waals surface area contributed by atoms with Crippen molar-refractivity contribution < 1.29 is 9.53 Å². The second kappa shape index (κ2) is 10.0. The van der Waals surface area contributed by atoms with Crippen LogP contribution in [-0.4, -0.2) is 67.9 Å². The van der Waals surface area contributed by atoms with Crippen molar-refractivity contribution in [2.24, 2.45) is 5.10 Å². The molecular formula is C23H28ClN5O2. The van der Waals surface area contributed by atoms with Crippen LogP contribution in [0.2, 0.25) is 5.02 Å². The molecule has 7 nitrogen and oxygen atoms in total. The first-order valence-electron chi connectivity index (χ1n) is 10.6. The van der Waals surface area contributed by atoms with Gasteiger partial charge in [0.25, 0.3) is 0 Å². The predicted octanol–water partition coefficient (Wildman–Crippen LogP) is 2.80. The molecule has 1 N–H and O–H groups in total. The van der Waals surface area contributed by atoms with E-state index in [1.165, 1.54) is 5.69 Å². The summed E-state index contributed by atoms with van der Waals surface area (Å²) in [6.07, 6.45) is 1.28. The number of carbonyl (C=O) groups is 1. The van der Waals surface area contributed by atoms with E-state index in [0.717, 1.165) is 62.6 Å². The molecule has 2 aromatic rings. The molecule has 0 spiro atoms. The van der Waals surface area contributed by atoms with Gasteiger partial charge in [0.1, 0.15) is 11.6 Å². The highest BCUT2D eigenvalue weighted by Gasteiger charge is 2.28. The highest BCUT2D eigenvalue weighted by molar-refractivity contribution is 6.30. The van der Waals surface area contributed by atoms with E-state index in [-0.39, 0.29) is 0 Å². The Kier molecular flexibility index (Phi) is 6.94. The van der Waals surface area contributed by atoms with Gasteiger partial charge in [-0.3, -0.25) is 15.1 Å². The number of aldehydes is 1. The Labute approximate surface area is 188 Å². The summed E-state index contributed by atoms with van der Waals surface area (Å²) < 4.78 is 5.35. The number of nitrogens with one attached hydrogen (secondary N) is 1. The van der Waals surface area contributed by atoms with Crippen LogP contribution in [0.15, 0.2) is 53.6 Å². The highest BCUT2D eigenvalue weighted by Crippen LogP contribution is 2.22. The van der Waals surface area contributed by atoms with E-state index in [0.29, 0.717) is 11.6 Å². The zero-order valence-electron chi connectivity index (χ0n) is 17.7. The minimum Gasteiger partial charge on any atom is -0.497 e. The third kappa shape index (κ3) is 5.29. The normalized spacial score (nSPS) is 19.2. The van der Waals surface area contributed by atoms with Gasteiger partial charge in [0.05, 0.1) is 7.11 Å². The van der Waals surface area contributed by atoms with Crippen molar-refractivity contribution in [3.8, 4) is 5.75 Å². The first-order valence-corrected chi connectivity index (χ1v) is 10.9. The lowest BCUT2D eigenvalue weighted by atomic mass is 10.2. The smallest absolute Gasteiger partial charge is 0.173 e. The lowest BCUT2D eigenvalue weighted by Gasteiger charge is -2.36. The maximum atomic E-state index is 11.5. The summed E-state index contributed by atoms with van der Waals surface area (Å²) in [6.45, 7) is 5.47. The van der Waals surface area contributed by atoms with Crippen molar-refractivity contribution in [1.82, 2.24) is 15.2 Å². The van der Waals surface area contributed by atoms with Gasteiger partial charge in [-0.25, -0.2) is 0 Å². The number of rotatable bonds is 8. The van der Waals surface area contributed by atoms with Gasteiger partial charge in [-0.2, -0.15) is 5.10 Å². The predicted molar refractivity (Wildman–Crippen MR) is 124 cm³/mol. The van der Waals surface area contributed by atoms with Crippen LogP contribution in [0.1, 0.15) is 12.0 Å². The molecule has 0 aromatic heterocycles. The Morgan fingerprint density at radius 1 is 1.16 bits per heavy atom. The number of anilines is 1. The third-order valence-corrected chi connectivity index (χ3v) is 6.08. The molecule has 1 saturated heterocycles. The molecule has 0 radical (unpaired) electrons. The maximum Gasteiger partial charge on any atom is 0.173 e. The van der Waals surface area contributed by atoms with Crippen molar-refractivity contribution in [1.29, 1.82) is 0 Å². The van der Waals surface area contributed by atoms with E-state index in [2.05, 4.69) is 32.5 Å². The first-order chi connectivity index (χ1) is 15.2. The standard InChI is InChI=1S/C23H28ClN5O2/c1-31-21-4-2-3-20(15-21)28-13-11-27(12-14-28)10-9-22-25-26-23(17-30)29(22)16-18-5-7-19(24)8-6-18/h2-8,15,17,23,26H,9-14,16H2,1H3. The molecule has 4 rings (SSSR count). The lowest BCUT2D eigenvalue weighted by Crippen LogP contribution is -2.47. The summed E-state index contributed by atoms with van der Waals surface area (Å²) in [5.74, 6) is 1.81. The van der Waals surface area contributed by atoms with Crippen molar-refractivity contribution in [3.63, 3.8) is 0 Å². The molecule has 1 fully saturated rings. The topological polar surface area (TPSA) is 60.4 Å². The number of hydrazone groups is 1. The molecule has 0 aliphatic carbocycles. The largest absolute Gasteiger partial charge is 0.497 e. The van der Waals surface area contributed by atoms with Crippen molar-refractivity contribution in [3.05, 3.63) is 59.1 Å². The van der Waals surface area contributed by atoms with Crippen LogP contribution < -0.4 is 15.1 Å². The molecule has 2 aromatic carbocycles. The van der Waals surface area contributed by atoms with Gasteiger partial charge < -0.3 is 14.5 Å². The molecule has 0 bridgehead atoms. The molecule has 2 heterocycles. The second-order valence-corrected chi connectivity index (χ2v) is 8.21. The Hall–Kier alpha value is -2.77. The second-order valence-electron chi connectivity index (χ2n) is 7.77. The zero-order valence-corrected chi connectivity index (χ0v) is 18.5. The molecule has 1 atom stereocenters. The van der Waals surface area contributed by atoms with Gasteiger partial charge in [0, 0.05) is 62.5 Å². The van der Waals surface area contributed by atoms with Crippen molar-refractivity contribution in [2.45, 2.75) is 19.1 Å². The Morgan fingerprint density at radius 2 is 1.94 bits per heavy atom. The minimum absolute atomic E-state index is 0.421. The van der Waals surface area contributed by atoms with Gasteiger partial charge in [0.2, 0.25) is 0 Å². The van der Waals surface area contributed by atoms with Crippen LogP contribution in [0, 0.1) is 0 Å². The van der Waals surface area contributed by atoms with E-state index in [1.807, 2.05) is 41.3 Å². The fourth-order valence-corrected chi connectivity index (χ4v) is 4.14. The molecule has 2 aliphatic rings. The monoisotopic (exact) mass is 441 g/mol. The molecular weight excluding hydrogens is 414 g/mol. The van der Waals surface area contributed by atoms with Crippen molar-refractivity contribution >= 4 is 29.4 Å². The SMILES string of the molecule is COc1cccc(N2CCN(CCC3=NNC(C=O)N3Cc3ccc(Cl)cc3)CC2)c1. The van der Waals surface area contributed by atoms with Gasteiger partial charge >= 0.3 is 0 Å². The van der Waals surface area contributed by atoms with Crippen LogP contribution in [0.5, 0.6) is 5.75 Å². The average molecular weight is 442 g/mol. The molecule has 8 heteroatoms. The van der Waals surface area contributed by atoms with E-state index < -0.39 is 6.17 Å². The number of ether oxygens (including phenoxy) is 1. The van der Waals surface area contributed by atoms with Crippen LogP contribution in [-0.2, 0) is 11.3 Å². The zero-order chi connectivity index (χ0) is 21.6. The summed E-state index contributed by atoms with van der Waals surface area (Å²) in [5, 5.41) is 5.14. The Morgan fingerprint density at radius 3 is 2.65 bits per heavy atom. The number of carbonyl (C=O) groups excluding carboxylic acids is 1. The summed E-state index contributed by atoms with van der Waals surface area (Å²) in [7, 11) is 1.70. The number of piperazine rings is 1. The van der Waals surface area contributed by atoms with E-state index in [4.69, 9.17) is 16.3 Å². The van der Waals surface area contributed by atoms with Crippen LogP contribution in [0.25, 0.3) is 0 Å². The molecule has 2 aliphatic heterocycles. The molecule has 31 heavy (non-hydrogen) atoms. The third-order valence-electron chi connectivity index (χ3n) is 5.83. The Bertz CT molecular complexity index is 912. The van der Waals surface area contributed by atoms with Gasteiger partial charge in [-0.1, -0.05) is 29.8 Å². The number of hydrogen-bond acceptors (Lipinski definition) is 7. The molecule has 0 saturated carbocycles. The van der Waals surface area contributed by atoms with Gasteiger partial charge in [-0.05, 0) is 29.8 Å².